The lowest BCUT2D eigenvalue weighted by Gasteiger charge is -2.34. The van der Waals surface area contributed by atoms with Gasteiger partial charge in [-0.05, 0) is 43.4 Å². The van der Waals surface area contributed by atoms with Gasteiger partial charge in [-0.1, -0.05) is 29.8 Å². The maximum atomic E-state index is 3.51. The summed E-state index contributed by atoms with van der Waals surface area (Å²) in [7, 11) is 0. The average molecular weight is 219 g/mol. The summed E-state index contributed by atoms with van der Waals surface area (Å²) in [6, 6.07) is 0. The molecule has 0 nitrogen and oxygen atoms in total. The molecule has 0 aromatic carbocycles. The molecule has 0 aromatic heterocycles. The highest BCUT2D eigenvalue weighted by molar-refractivity contribution is 9.09. The van der Waals surface area contributed by atoms with E-state index in [1.807, 2.05) is 0 Å². The number of halogens is 1. The molecule has 1 rings (SSSR count). The fourth-order valence-corrected chi connectivity index (χ4v) is 2.55. The van der Waals surface area contributed by atoms with Crippen LogP contribution in [0.1, 0.15) is 46.0 Å². The largest absolute Gasteiger partial charge is 0.0928 e. The normalized spacial score (nSPS) is 25.4. The second-order valence-electron chi connectivity index (χ2n) is 4.59. The maximum absolute atomic E-state index is 3.51. The van der Waals surface area contributed by atoms with Crippen molar-refractivity contribution in [3.05, 3.63) is 0 Å². The first-order valence-corrected chi connectivity index (χ1v) is 5.82. The van der Waals surface area contributed by atoms with Crippen molar-refractivity contribution in [1.82, 2.24) is 0 Å². The molecule has 0 heterocycles. The zero-order valence-electron chi connectivity index (χ0n) is 7.70. The van der Waals surface area contributed by atoms with Gasteiger partial charge in [-0.3, -0.25) is 0 Å². The number of hydrogen-bond acceptors (Lipinski definition) is 0. The van der Waals surface area contributed by atoms with E-state index in [2.05, 4.69) is 29.8 Å². The summed E-state index contributed by atoms with van der Waals surface area (Å²) in [6.45, 7) is 4.80. The van der Waals surface area contributed by atoms with Gasteiger partial charge in [0.05, 0.1) is 0 Å². The van der Waals surface area contributed by atoms with Crippen molar-refractivity contribution >= 4 is 15.9 Å². The predicted molar refractivity (Wildman–Crippen MR) is 54.2 cm³/mol. The van der Waals surface area contributed by atoms with Crippen LogP contribution in [-0.2, 0) is 0 Å². The van der Waals surface area contributed by atoms with Gasteiger partial charge in [0.1, 0.15) is 0 Å². The lowest BCUT2D eigenvalue weighted by atomic mass is 9.72. The Morgan fingerprint density at radius 3 is 2.27 bits per heavy atom. The van der Waals surface area contributed by atoms with E-state index in [4.69, 9.17) is 0 Å². The second kappa shape index (κ2) is 3.93. The second-order valence-corrected chi connectivity index (χ2v) is 5.38. The molecule has 1 aliphatic rings. The van der Waals surface area contributed by atoms with E-state index in [0.29, 0.717) is 5.41 Å². The van der Waals surface area contributed by atoms with Crippen LogP contribution in [0.15, 0.2) is 0 Å². The van der Waals surface area contributed by atoms with Crippen LogP contribution < -0.4 is 0 Å². The van der Waals surface area contributed by atoms with Gasteiger partial charge < -0.3 is 0 Å². The Kier molecular flexibility index (Phi) is 3.42. The van der Waals surface area contributed by atoms with Crippen LogP contribution in [0.3, 0.4) is 0 Å². The summed E-state index contributed by atoms with van der Waals surface area (Å²) in [5, 5.41) is 1.19. The Morgan fingerprint density at radius 1 is 1.27 bits per heavy atom. The molecule has 1 aliphatic carbocycles. The van der Waals surface area contributed by atoms with Gasteiger partial charge in [0, 0.05) is 5.33 Å². The zero-order chi connectivity index (χ0) is 8.32. The quantitative estimate of drug-likeness (QED) is 0.616. The van der Waals surface area contributed by atoms with Crippen LogP contribution in [0.5, 0.6) is 0 Å². The van der Waals surface area contributed by atoms with Crippen LogP contribution in [0, 0.1) is 11.3 Å². The Hall–Kier alpha value is 0.480. The molecule has 0 radical (unpaired) electrons. The van der Waals surface area contributed by atoms with Gasteiger partial charge in [-0.2, -0.15) is 0 Å². The summed E-state index contributed by atoms with van der Waals surface area (Å²) in [5.41, 5.74) is 0.642. The third-order valence-corrected chi connectivity index (χ3v) is 3.43. The van der Waals surface area contributed by atoms with Crippen molar-refractivity contribution in [3.8, 4) is 0 Å². The lowest BCUT2D eigenvalue weighted by Crippen LogP contribution is -2.21. The smallest absolute Gasteiger partial charge is 0.00339 e. The molecule has 0 atom stereocenters. The van der Waals surface area contributed by atoms with Crippen molar-refractivity contribution in [1.29, 1.82) is 0 Å². The summed E-state index contributed by atoms with van der Waals surface area (Å²) in [6.07, 6.45) is 7.17. The third-order valence-electron chi connectivity index (χ3n) is 2.98. The Bertz CT molecular complexity index is 108. The molecular formula is C10H19Br. The van der Waals surface area contributed by atoms with E-state index in [1.165, 1.54) is 37.4 Å². The van der Waals surface area contributed by atoms with Crippen LogP contribution in [0.2, 0.25) is 0 Å². The summed E-state index contributed by atoms with van der Waals surface area (Å²) in [5.74, 6) is 1.02. The average Bonchev–Trinajstić information content (AvgIpc) is 1.94. The highest BCUT2D eigenvalue weighted by atomic mass is 79.9. The molecule has 0 spiro atoms. The van der Waals surface area contributed by atoms with Gasteiger partial charge in [0.2, 0.25) is 0 Å². The molecule has 1 saturated carbocycles. The van der Waals surface area contributed by atoms with Gasteiger partial charge in [0.15, 0.2) is 0 Å². The van der Waals surface area contributed by atoms with Crippen LogP contribution in [0.4, 0.5) is 0 Å². The highest BCUT2D eigenvalue weighted by Gasteiger charge is 2.25. The van der Waals surface area contributed by atoms with E-state index in [0.717, 1.165) is 5.92 Å². The molecule has 0 aromatic rings. The SMILES string of the molecule is CC1(C)CCC(CCBr)CC1. The van der Waals surface area contributed by atoms with Gasteiger partial charge in [0.25, 0.3) is 0 Å². The van der Waals surface area contributed by atoms with Crippen molar-refractivity contribution in [2.75, 3.05) is 5.33 Å². The van der Waals surface area contributed by atoms with E-state index in [-0.39, 0.29) is 0 Å². The Morgan fingerprint density at radius 2 is 1.82 bits per heavy atom. The molecule has 66 valence electrons. The minimum Gasteiger partial charge on any atom is -0.0928 e. The van der Waals surface area contributed by atoms with Gasteiger partial charge in [-0.25, -0.2) is 0 Å². The molecule has 1 fully saturated rings. The Labute approximate surface area is 78.9 Å². The van der Waals surface area contributed by atoms with E-state index in [1.54, 1.807) is 0 Å². The minimum atomic E-state index is 0.642. The van der Waals surface area contributed by atoms with E-state index >= 15 is 0 Å². The molecule has 0 amide bonds. The topological polar surface area (TPSA) is 0 Å². The molecule has 0 saturated heterocycles. The number of rotatable bonds is 2. The summed E-state index contributed by atoms with van der Waals surface area (Å²) in [4.78, 5) is 0. The highest BCUT2D eigenvalue weighted by Crippen LogP contribution is 2.39. The predicted octanol–water partition coefficient (Wildman–Crippen LogP) is 3.99. The van der Waals surface area contributed by atoms with E-state index in [9.17, 15) is 0 Å². The van der Waals surface area contributed by atoms with Gasteiger partial charge in [-0.15, -0.1) is 0 Å². The molecule has 0 N–H and O–H groups in total. The molecule has 11 heavy (non-hydrogen) atoms. The minimum absolute atomic E-state index is 0.642. The molecule has 0 unspecified atom stereocenters. The summed E-state index contributed by atoms with van der Waals surface area (Å²) < 4.78 is 0. The van der Waals surface area contributed by atoms with Crippen molar-refractivity contribution in [2.24, 2.45) is 11.3 Å². The molecular weight excluding hydrogens is 200 g/mol. The molecule has 0 aliphatic heterocycles. The fraction of sp³-hybridized carbons (Fsp3) is 1.00. The number of hydrogen-bond donors (Lipinski definition) is 0. The third kappa shape index (κ3) is 3.14. The van der Waals surface area contributed by atoms with Crippen molar-refractivity contribution < 1.29 is 0 Å². The Balaban J connectivity index is 2.25. The standard InChI is InChI=1S/C10H19Br/c1-10(2)6-3-9(4-7-10)5-8-11/h9H,3-8H2,1-2H3. The zero-order valence-corrected chi connectivity index (χ0v) is 9.28. The maximum Gasteiger partial charge on any atom is 0.00339 e. The van der Waals surface area contributed by atoms with Gasteiger partial charge >= 0.3 is 0 Å². The van der Waals surface area contributed by atoms with Crippen LogP contribution >= 0.6 is 15.9 Å². The number of alkyl halides is 1. The molecule has 0 bridgehead atoms. The van der Waals surface area contributed by atoms with Crippen molar-refractivity contribution in [2.45, 2.75) is 46.0 Å². The first kappa shape index (κ1) is 9.57. The fourth-order valence-electron chi connectivity index (χ4n) is 1.90. The monoisotopic (exact) mass is 218 g/mol. The first-order chi connectivity index (χ1) is 5.14. The van der Waals surface area contributed by atoms with E-state index < -0.39 is 0 Å². The molecule has 1 heteroatoms. The first-order valence-electron chi connectivity index (χ1n) is 4.70. The van der Waals surface area contributed by atoms with Crippen LogP contribution in [0.25, 0.3) is 0 Å². The summed E-state index contributed by atoms with van der Waals surface area (Å²) >= 11 is 3.51. The lowest BCUT2D eigenvalue weighted by molar-refractivity contribution is 0.189. The van der Waals surface area contributed by atoms with Crippen LogP contribution in [-0.4, -0.2) is 5.33 Å². The van der Waals surface area contributed by atoms with Crippen molar-refractivity contribution in [3.63, 3.8) is 0 Å².